The minimum Gasteiger partial charge on any atom is -0.310 e. The van der Waals surface area contributed by atoms with E-state index in [1.54, 1.807) is 4.90 Å². The number of carbonyl (C=O) groups excluding carboxylic acids is 2. The van der Waals surface area contributed by atoms with Crippen molar-refractivity contribution in [3.8, 4) is 0 Å². The number of carbonyl (C=O) groups is 2. The summed E-state index contributed by atoms with van der Waals surface area (Å²) in [5, 5.41) is 3.50. The van der Waals surface area contributed by atoms with Gasteiger partial charge in [-0.15, -0.1) is 0 Å². The summed E-state index contributed by atoms with van der Waals surface area (Å²) >= 11 is 0. The van der Waals surface area contributed by atoms with Gasteiger partial charge in [0.15, 0.2) is 0 Å². The molecule has 2 heterocycles. The van der Waals surface area contributed by atoms with E-state index >= 15 is 0 Å². The Hall–Kier alpha value is -0.900. The molecule has 3 fully saturated rings. The molecule has 4 atom stereocenters. The highest BCUT2D eigenvalue weighted by Crippen LogP contribution is 2.39. The van der Waals surface area contributed by atoms with Crippen molar-refractivity contribution >= 4 is 11.8 Å². The van der Waals surface area contributed by atoms with Gasteiger partial charge in [-0.2, -0.15) is 0 Å². The molecular formula is C14H22N2O2. The highest BCUT2D eigenvalue weighted by atomic mass is 16.2. The maximum absolute atomic E-state index is 12.2. The Bertz CT molecular complexity index is 347. The molecule has 1 N–H and O–H groups in total. The van der Waals surface area contributed by atoms with E-state index in [0.29, 0.717) is 18.6 Å². The van der Waals surface area contributed by atoms with Crippen LogP contribution in [-0.2, 0) is 9.59 Å². The average Bonchev–Trinajstić information content (AvgIpc) is 2.90. The van der Waals surface area contributed by atoms with E-state index < -0.39 is 0 Å². The van der Waals surface area contributed by atoms with Gasteiger partial charge in [0.1, 0.15) is 0 Å². The van der Waals surface area contributed by atoms with Crippen molar-refractivity contribution in [3.63, 3.8) is 0 Å². The van der Waals surface area contributed by atoms with Gasteiger partial charge in [-0.3, -0.25) is 14.5 Å². The number of nitrogens with zero attached hydrogens (tertiary/aromatic N) is 1. The minimum atomic E-state index is 0.0125. The van der Waals surface area contributed by atoms with Crippen LogP contribution >= 0.6 is 0 Å². The van der Waals surface area contributed by atoms with Crippen molar-refractivity contribution in [1.82, 2.24) is 10.2 Å². The van der Waals surface area contributed by atoms with Gasteiger partial charge in [0.05, 0.1) is 11.8 Å². The van der Waals surface area contributed by atoms with E-state index in [0.717, 1.165) is 25.7 Å². The molecule has 3 aliphatic rings. The number of nitrogens with one attached hydrogen (secondary N) is 1. The summed E-state index contributed by atoms with van der Waals surface area (Å²) in [7, 11) is 0. The first-order chi connectivity index (χ1) is 8.66. The molecule has 0 aromatic carbocycles. The molecule has 0 aromatic rings. The molecule has 0 spiro atoms. The fraction of sp³-hybridized carbons (Fsp3) is 0.857. The summed E-state index contributed by atoms with van der Waals surface area (Å²) in [6.45, 7) is 2.77. The second-order valence-electron chi connectivity index (χ2n) is 6.13. The Morgan fingerprint density at radius 2 is 1.67 bits per heavy atom. The van der Waals surface area contributed by atoms with Crippen LogP contribution in [0.4, 0.5) is 0 Å². The first-order valence-electron chi connectivity index (χ1n) is 7.28. The van der Waals surface area contributed by atoms with Crippen LogP contribution in [-0.4, -0.2) is 35.3 Å². The summed E-state index contributed by atoms with van der Waals surface area (Å²) in [6, 6.07) is 0.816. The lowest BCUT2D eigenvalue weighted by Gasteiger charge is -2.31. The molecular weight excluding hydrogens is 228 g/mol. The van der Waals surface area contributed by atoms with Gasteiger partial charge in [-0.05, 0) is 32.6 Å². The normalized spacial score (nSPS) is 40.4. The van der Waals surface area contributed by atoms with Crippen LogP contribution in [0.1, 0.15) is 45.4 Å². The van der Waals surface area contributed by atoms with Gasteiger partial charge < -0.3 is 5.32 Å². The number of likely N-dealkylation sites (tertiary alicyclic amines) is 1. The smallest absolute Gasteiger partial charge is 0.233 e. The third-order valence-electron chi connectivity index (χ3n) is 4.80. The predicted molar refractivity (Wildman–Crippen MR) is 67.8 cm³/mol. The van der Waals surface area contributed by atoms with Gasteiger partial charge in [0.25, 0.3) is 0 Å². The van der Waals surface area contributed by atoms with Gasteiger partial charge in [-0.25, -0.2) is 0 Å². The Kier molecular flexibility index (Phi) is 3.14. The van der Waals surface area contributed by atoms with Crippen LogP contribution in [0.3, 0.4) is 0 Å². The summed E-state index contributed by atoms with van der Waals surface area (Å²) in [5.74, 6) is 0.224. The molecule has 4 unspecified atom stereocenters. The largest absolute Gasteiger partial charge is 0.310 e. The van der Waals surface area contributed by atoms with Crippen LogP contribution in [0.5, 0.6) is 0 Å². The Labute approximate surface area is 108 Å². The van der Waals surface area contributed by atoms with Crippen LogP contribution in [0.25, 0.3) is 0 Å². The molecule has 1 aliphatic carbocycles. The highest BCUT2D eigenvalue weighted by Gasteiger charge is 2.49. The van der Waals surface area contributed by atoms with Crippen molar-refractivity contribution in [3.05, 3.63) is 0 Å². The number of hydrogen-bond donors (Lipinski definition) is 1. The SMILES string of the molecule is CC1CCCC(CN2C(=O)C3CCCC3C2=O)N1. The van der Waals surface area contributed by atoms with Crippen LogP contribution in [0.15, 0.2) is 0 Å². The molecule has 4 heteroatoms. The molecule has 0 aromatic heterocycles. The third-order valence-corrected chi connectivity index (χ3v) is 4.80. The van der Waals surface area contributed by atoms with E-state index in [1.165, 1.54) is 12.8 Å². The van der Waals surface area contributed by atoms with Crippen molar-refractivity contribution in [1.29, 1.82) is 0 Å². The van der Waals surface area contributed by atoms with Gasteiger partial charge >= 0.3 is 0 Å². The fourth-order valence-electron chi connectivity index (χ4n) is 3.84. The molecule has 2 aliphatic heterocycles. The van der Waals surface area contributed by atoms with E-state index in [2.05, 4.69) is 12.2 Å². The van der Waals surface area contributed by atoms with Crippen LogP contribution < -0.4 is 5.32 Å². The lowest BCUT2D eigenvalue weighted by molar-refractivity contribution is -0.140. The minimum absolute atomic E-state index is 0.0125. The maximum atomic E-state index is 12.2. The van der Waals surface area contributed by atoms with E-state index in [1.807, 2.05) is 0 Å². The quantitative estimate of drug-likeness (QED) is 0.752. The van der Waals surface area contributed by atoms with E-state index in [-0.39, 0.29) is 23.7 Å². The molecule has 1 saturated carbocycles. The average molecular weight is 250 g/mol. The van der Waals surface area contributed by atoms with Crippen molar-refractivity contribution in [2.75, 3.05) is 6.54 Å². The Balaban J connectivity index is 1.66. The van der Waals surface area contributed by atoms with Crippen molar-refractivity contribution < 1.29 is 9.59 Å². The molecule has 100 valence electrons. The monoisotopic (exact) mass is 250 g/mol. The summed E-state index contributed by atoms with van der Waals surface area (Å²) in [6.07, 6.45) is 6.35. The number of imide groups is 1. The molecule has 0 bridgehead atoms. The number of piperidine rings is 1. The maximum Gasteiger partial charge on any atom is 0.233 e. The second-order valence-corrected chi connectivity index (χ2v) is 6.13. The van der Waals surface area contributed by atoms with Gasteiger partial charge in [-0.1, -0.05) is 12.8 Å². The molecule has 4 nitrogen and oxygen atoms in total. The number of fused-ring (bicyclic) bond motifs is 1. The van der Waals surface area contributed by atoms with E-state index in [4.69, 9.17) is 0 Å². The fourth-order valence-corrected chi connectivity index (χ4v) is 3.84. The third kappa shape index (κ3) is 1.96. The number of rotatable bonds is 2. The zero-order valence-corrected chi connectivity index (χ0v) is 11.0. The summed E-state index contributed by atoms with van der Waals surface area (Å²) in [4.78, 5) is 26.0. The van der Waals surface area contributed by atoms with Crippen molar-refractivity contribution in [2.24, 2.45) is 11.8 Å². The lowest BCUT2D eigenvalue weighted by Crippen LogP contribution is -2.49. The second kappa shape index (κ2) is 4.65. The first kappa shape index (κ1) is 12.2. The molecule has 2 amide bonds. The number of hydrogen-bond acceptors (Lipinski definition) is 3. The van der Waals surface area contributed by atoms with E-state index in [9.17, 15) is 9.59 Å². The predicted octanol–water partition coefficient (Wildman–Crippen LogP) is 1.30. The zero-order valence-electron chi connectivity index (χ0n) is 11.0. The topological polar surface area (TPSA) is 49.4 Å². The standard InChI is InChI=1S/C14H22N2O2/c1-9-4-2-5-10(15-9)8-16-13(17)11-6-3-7-12(11)14(16)18/h9-12,15H,2-8H2,1H3. The molecule has 0 radical (unpaired) electrons. The summed E-state index contributed by atoms with van der Waals surface area (Å²) in [5.41, 5.74) is 0. The van der Waals surface area contributed by atoms with Gasteiger partial charge in [0, 0.05) is 18.6 Å². The Morgan fingerprint density at radius 3 is 2.28 bits per heavy atom. The number of amides is 2. The Morgan fingerprint density at radius 1 is 1.06 bits per heavy atom. The molecule has 2 saturated heterocycles. The molecule has 18 heavy (non-hydrogen) atoms. The summed E-state index contributed by atoms with van der Waals surface area (Å²) < 4.78 is 0. The highest BCUT2D eigenvalue weighted by molar-refractivity contribution is 6.05. The first-order valence-corrected chi connectivity index (χ1v) is 7.28. The molecule has 3 rings (SSSR count). The van der Waals surface area contributed by atoms with Crippen molar-refractivity contribution in [2.45, 2.75) is 57.5 Å². The zero-order chi connectivity index (χ0) is 12.7. The lowest BCUT2D eigenvalue weighted by atomic mass is 9.99. The van der Waals surface area contributed by atoms with Gasteiger partial charge in [0.2, 0.25) is 11.8 Å². The van der Waals surface area contributed by atoms with Crippen LogP contribution in [0.2, 0.25) is 0 Å². The van der Waals surface area contributed by atoms with Crippen LogP contribution in [0, 0.1) is 11.8 Å².